The van der Waals surface area contributed by atoms with Crippen molar-refractivity contribution in [1.29, 1.82) is 0 Å². The normalized spacial score (nSPS) is 12.5. The molecule has 0 radical (unpaired) electrons. The van der Waals surface area contributed by atoms with Gasteiger partial charge in [0.25, 0.3) is 0 Å². The zero-order chi connectivity index (χ0) is 12.7. The zero-order valence-electron chi connectivity index (χ0n) is 10.5. The number of unbranched alkanes of at least 4 members (excludes halogenated alkanes) is 1. The summed E-state index contributed by atoms with van der Waals surface area (Å²) in [6, 6.07) is 1.73. The van der Waals surface area contributed by atoms with Gasteiger partial charge in [0, 0.05) is 10.8 Å². The third-order valence-corrected chi connectivity index (χ3v) is 3.57. The topological polar surface area (TPSA) is 13.1 Å². The van der Waals surface area contributed by atoms with Gasteiger partial charge in [0.1, 0.15) is 5.02 Å². The number of rotatable bonds is 7. The SMILES string of the molecule is CCCCC(CC)CO[n+]1ccc(Cl)c(Cl)c1. The monoisotopic (exact) mass is 276 g/mol. The van der Waals surface area contributed by atoms with Gasteiger partial charge in [0.15, 0.2) is 6.61 Å². The summed E-state index contributed by atoms with van der Waals surface area (Å²) >= 11 is 11.8. The van der Waals surface area contributed by atoms with Crippen molar-refractivity contribution in [1.82, 2.24) is 0 Å². The minimum atomic E-state index is 0.510. The Balaban J connectivity index is 2.45. The number of hydrogen-bond donors (Lipinski definition) is 0. The van der Waals surface area contributed by atoms with Crippen LogP contribution in [-0.4, -0.2) is 6.61 Å². The molecule has 1 heterocycles. The Bertz CT molecular complexity index is 344. The quantitative estimate of drug-likeness (QED) is 0.688. The van der Waals surface area contributed by atoms with Gasteiger partial charge in [-0.25, -0.2) is 0 Å². The van der Waals surface area contributed by atoms with Crippen LogP contribution in [0.25, 0.3) is 0 Å². The molecule has 4 heteroatoms. The van der Waals surface area contributed by atoms with E-state index in [-0.39, 0.29) is 0 Å². The number of halogens is 2. The van der Waals surface area contributed by atoms with Gasteiger partial charge in [-0.1, -0.05) is 49.9 Å². The first-order valence-electron chi connectivity index (χ1n) is 6.17. The van der Waals surface area contributed by atoms with Crippen LogP contribution in [0.2, 0.25) is 10.0 Å². The van der Waals surface area contributed by atoms with Crippen LogP contribution < -0.4 is 9.57 Å². The van der Waals surface area contributed by atoms with E-state index in [2.05, 4.69) is 13.8 Å². The predicted octanol–water partition coefficient (Wildman–Crippen LogP) is 3.93. The highest BCUT2D eigenvalue weighted by atomic mass is 35.5. The van der Waals surface area contributed by atoms with Crippen molar-refractivity contribution < 1.29 is 9.57 Å². The smallest absolute Gasteiger partial charge is 0.242 e. The molecular formula is C13H20Cl2NO+. The summed E-state index contributed by atoms with van der Waals surface area (Å²) in [5.41, 5.74) is 0. The fraction of sp³-hybridized carbons (Fsp3) is 0.615. The van der Waals surface area contributed by atoms with Crippen molar-refractivity contribution >= 4 is 23.2 Å². The first-order valence-corrected chi connectivity index (χ1v) is 6.92. The molecule has 0 N–H and O–H groups in total. The van der Waals surface area contributed by atoms with Crippen molar-refractivity contribution in [2.75, 3.05) is 6.61 Å². The molecule has 2 nitrogen and oxygen atoms in total. The van der Waals surface area contributed by atoms with E-state index in [9.17, 15) is 0 Å². The number of hydrogen-bond acceptors (Lipinski definition) is 1. The van der Waals surface area contributed by atoms with Crippen LogP contribution in [0.5, 0.6) is 0 Å². The molecule has 96 valence electrons. The number of nitrogens with zero attached hydrogens (tertiary/aromatic N) is 1. The van der Waals surface area contributed by atoms with Gasteiger partial charge < -0.3 is 0 Å². The summed E-state index contributed by atoms with van der Waals surface area (Å²) < 4.78 is 1.63. The highest BCUT2D eigenvalue weighted by Gasteiger charge is 2.12. The van der Waals surface area contributed by atoms with Crippen molar-refractivity contribution in [3.63, 3.8) is 0 Å². The van der Waals surface area contributed by atoms with Crippen LogP contribution >= 0.6 is 23.2 Å². The zero-order valence-corrected chi connectivity index (χ0v) is 12.0. The molecule has 0 amide bonds. The molecule has 1 rings (SSSR count). The Labute approximate surface area is 113 Å². The van der Waals surface area contributed by atoms with E-state index in [4.69, 9.17) is 28.0 Å². The summed E-state index contributed by atoms with van der Waals surface area (Å²) in [5, 5.41) is 1.06. The molecule has 0 fully saturated rings. The molecule has 0 bridgehead atoms. The van der Waals surface area contributed by atoms with Gasteiger partial charge in [-0.15, -0.1) is 0 Å². The summed E-state index contributed by atoms with van der Waals surface area (Å²) in [6.45, 7) is 5.13. The second-order valence-corrected chi connectivity index (χ2v) is 5.03. The van der Waals surface area contributed by atoms with E-state index in [0.29, 0.717) is 16.0 Å². The summed E-state index contributed by atoms with van der Waals surface area (Å²) in [4.78, 5) is 5.67. The van der Waals surface area contributed by atoms with E-state index in [0.717, 1.165) is 13.0 Å². The Morgan fingerprint density at radius 1 is 1.29 bits per heavy atom. The summed E-state index contributed by atoms with van der Waals surface area (Å²) in [5.74, 6) is 0.608. The second-order valence-electron chi connectivity index (χ2n) is 4.21. The average molecular weight is 277 g/mol. The first-order chi connectivity index (χ1) is 8.17. The summed E-state index contributed by atoms with van der Waals surface area (Å²) in [6.07, 6.45) is 8.32. The van der Waals surface area contributed by atoms with Crippen LogP contribution in [-0.2, 0) is 0 Å². The van der Waals surface area contributed by atoms with E-state index in [1.807, 2.05) is 0 Å². The van der Waals surface area contributed by atoms with Crippen molar-refractivity contribution in [2.24, 2.45) is 5.92 Å². The molecule has 1 unspecified atom stereocenters. The average Bonchev–Trinajstić information content (AvgIpc) is 2.34. The van der Waals surface area contributed by atoms with E-state index in [1.165, 1.54) is 19.3 Å². The van der Waals surface area contributed by atoms with Gasteiger partial charge in [-0.2, -0.15) is 0 Å². The maximum Gasteiger partial charge on any atom is 0.242 e. The van der Waals surface area contributed by atoms with E-state index < -0.39 is 0 Å². The first kappa shape index (κ1) is 14.6. The predicted molar refractivity (Wildman–Crippen MR) is 71.4 cm³/mol. The Morgan fingerprint density at radius 3 is 2.65 bits per heavy atom. The molecule has 0 saturated carbocycles. The molecule has 0 aliphatic rings. The highest BCUT2D eigenvalue weighted by Crippen LogP contribution is 2.17. The fourth-order valence-electron chi connectivity index (χ4n) is 1.60. The van der Waals surface area contributed by atoms with Gasteiger partial charge >= 0.3 is 0 Å². The third kappa shape index (κ3) is 5.13. The molecular weight excluding hydrogens is 257 g/mol. The van der Waals surface area contributed by atoms with E-state index in [1.54, 1.807) is 23.2 Å². The molecule has 0 aliphatic heterocycles. The molecule has 17 heavy (non-hydrogen) atoms. The Kier molecular flexibility index (Phi) is 6.68. The largest absolute Gasteiger partial charge is 0.271 e. The number of pyridine rings is 1. The molecule has 0 aliphatic carbocycles. The molecule has 1 aromatic heterocycles. The lowest BCUT2D eigenvalue weighted by Gasteiger charge is -2.11. The molecule has 0 saturated heterocycles. The summed E-state index contributed by atoms with van der Waals surface area (Å²) in [7, 11) is 0. The van der Waals surface area contributed by atoms with Crippen molar-refractivity contribution in [3.8, 4) is 0 Å². The Hall–Kier alpha value is -0.470. The maximum atomic E-state index is 5.91. The van der Waals surface area contributed by atoms with Crippen molar-refractivity contribution in [3.05, 3.63) is 28.5 Å². The van der Waals surface area contributed by atoms with Crippen LogP contribution in [0.1, 0.15) is 39.5 Å². The van der Waals surface area contributed by atoms with Crippen LogP contribution in [0.4, 0.5) is 0 Å². The van der Waals surface area contributed by atoms with Crippen LogP contribution in [0.3, 0.4) is 0 Å². The van der Waals surface area contributed by atoms with E-state index >= 15 is 0 Å². The lowest BCUT2D eigenvalue weighted by atomic mass is 10.0. The molecule has 0 spiro atoms. The molecule has 0 aromatic carbocycles. The highest BCUT2D eigenvalue weighted by molar-refractivity contribution is 6.41. The molecule has 1 atom stereocenters. The van der Waals surface area contributed by atoms with Gasteiger partial charge in [0.05, 0.1) is 5.02 Å². The second kappa shape index (κ2) is 7.78. The lowest BCUT2D eigenvalue weighted by molar-refractivity contribution is -0.892. The lowest BCUT2D eigenvalue weighted by Crippen LogP contribution is -2.44. The number of aromatic nitrogens is 1. The van der Waals surface area contributed by atoms with Gasteiger partial charge in [-0.05, 0) is 18.8 Å². The minimum Gasteiger partial charge on any atom is -0.271 e. The van der Waals surface area contributed by atoms with Crippen LogP contribution in [0, 0.1) is 5.92 Å². The maximum absolute atomic E-state index is 5.91. The Morgan fingerprint density at radius 2 is 2.06 bits per heavy atom. The fourth-order valence-corrected chi connectivity index (χ4v) is 1.87. The van der Waals surface area contributed by atoms with Crippen molar-refractivity contribution in [2.45, 2.75) is 39.5 Å². The third-order valence-electron chi connectivity index (χ3n) is 2.84. The minimum absolute atomic E-state index is 0.510. The standard InChI is InChI=1S/C13H20Cl2NO/c1-3-5-6-11(4-2)10-17-16-8-7-12(14)13(15)9-16/h7-9,11H,3-6,10H2,1-2H3/q+1. The van der Waals surface area contributed by atoms with Gasteiger partial charge in [0.2, 0.25) is 12.4 Å². The molecule has 1 aromatic rings. The van der Waals surface area contributed by atoms with Crippen LogP contribution in [0.15, 0.2) is 18.5 Å². The van der Waals surface area contributed by atoms with Gasteiger partial charge in [-0.3, -0.25) is 4.84 Å².